The number of rotatable bonds is 9. The van der Waals surface area contributed by atoms with Gasteiger partial charge in [-0.15, -0.1) is 0 Å². The van der Waals surface area contributed by atoms with Crippen LogP contribution in [0.25, 0.3) is 6.08 Å². The van der Waals surface area contributed by atoms with Crippen LogP contribution >= 0.6 is 0 Å². The van der Waals surface area contributed by atoms with Gasteiger partial charge in [-0.2, -0.15) is 79.0 Å². The molecule has 0 aliphatic heterocycles. The van der Waals surface area contributed by atoms with Crippen molar-refractivity contribution in [3.63, 3.8) is 0 Å². The highest BCUT2D eigenvalue weighted by Crippen LogP contribution is 2.59. The molecule has 0 bridgehead atoms. The van der Waals surface area contributed by atoms with Crippen LogP contribution in [0.4, 0.5) is 79.0 Å². The zero-order valence-electron chi connectivity index (χ0n) is 19.6. The average molecular weight is 629 g/mol. The molecular formula is C22H12BF18-. The van der Waals surface area contributed by atoms with E-state index in [9.17, 15) is 79.0 Å². The first-order valence-corrected chi connectivity index (χ1v) is 10.7. The Hall–Kier alpha value is -3.02. The largest absolute Gasteiger partial charge is 0.460 e. The molecule has 0 aromatic heterocycles. The quantitative estimate of drug-likeness (QED) is 0.202. The molecule has 0 nitrogen and oxygen atoms in total. The lowest BCUT2D eigenvalue weighted by atomic mass is 9.63. The van der Waals surface area contributed by atoms with E-state index < -0.39 is 77.8 Å². The molecule has 2 aromatic carbocycles. The fourth-order valence-electron chi connectivity index (χ4n) is 3.61. The minimum Gasteiger partial charge on any atom is -0.212 e. The summed E-state index contributed by atoms with van der Waals surface area (Å²) >= 11 is 0. The Morgan fingerprint density at radius 2 is 0.805 bits per heavy atom. The second-order valence-corrected chi connectivity index (χ2v) is 8.89. The van der Waals surface area contributed by atoms with E-state index >= 15 is 0 Å². The summed E-state index contributed by atoms with van der Waals surface area (Å²) in [5, 5.41) is 0. The van der Waals surface area contributed by atoms with E-state index in [2.05, 4.69) is 6.58 Å². The first-order chi connectivity index (χ1) is 18.1. The molecular weight excluding hydrogens is 617 g/mol. The van der Waals surface area contributed by atoms with Gasteiger partial charge in [0.1, 0.15) is 0 Å². The van der Waals surface area contributed by atoms with Crippen LogP contribution in [0, 0.1) is 0 Å². The molecule has 0 atom stereocenters. The van der Waals surface area contributed by atoms with Crippen molar-refractivity contribution >= 4 is 24.3 Å². The molecule has 0 aliphatic rings. The molecule has 0 amide bonds. The predicted octanol–water partition coefficient (Wildman–Crippen LogP) is 7.30. The first-order valence-electron chi connectivity index (χ1n) is 10.7. The van der Waals surface area contributed by atoms with Crippen molar-refractivity contribution in [2.45, 2.75) is 47.9 Å². The number of hydrogen-bond acceptors (Lipinski definition) is 0. The summed E-state index contributed by atoms with van der Waals surface area (Å²) in [6.07, 6.45) is -13.5. The summed E-state index contributed by atoms with van der Waals surface area (Å²) in [4.78, 5) is 0. The van der Waals surface area contributed by atoms with Gasteiger partial charge in [0.05, 0.1) is 0 Å². The van der Waals surface area contributed by atoms with Crippen molar-refractivity contribution in [2.75, 3.05) is 0 Å². The summed E-state index contributed by atoms with van der Waals surface area (Å²) in [6, 6.07) is 2.72. The number of hydrogen-bond donors (Lipinski definition) is 0. The fourth-order valence-corrected chi connectivity index (χ4v) is 3.61. The standard InChI is InChI=1S/C22H12BF18/c1-2-10-3-5-13(6-4-10)23-14-8-11(15(24,25)17(28,29)19(32,33)21(36,37)38)7-12(9-14)16(26,27)18(30,31)20(34,35)22(39,40)41/h2-9H,1,23H2/q-1. The molecule has 19 heteroatoms. The Morgan fingerprint density at radius 3 is 1.10 bits per heavy atom. The van der Waals surface area contributed by atoms with E-state index in [0.717, 1.165) is 12.1 Å². The van der Waals surface area contributed by atoms with E-state index in [-0.39, 0.29) is 17.6 Å². The van der Waals surface area contributed by atoms with Gasteiger partial charge in [-0.05, 0) is 11.6 Å². The van der Waals surface area contributed by atoms with Crippen LogP contribution in [-0.2, 0) is 11.8 Å². The Labute approximate surface area is 217 Å². The van der Waals surface area contributed by atoms with Crippen molar-refractivity contribution in [2.24, 2.45) is 0 Å². The highest BCUT2D eigenvalue weighted by atomic mass is 19.4. The average Bonchev–Trinajstić information content (AvgIpc) is 2.82. The van der Waals surface area contributed by atoms with Gasteiger partial charge >= 0.3 is 47.9 Å². The zero-order valence-corrected chi connectivity index (χ0v) is 19.6. The van der Waals surface area contributed by atoms with Crippen LogP contribution in [0.5, 0.6) is 0 Å². The lowest BCUT2D eigenvalue weighted by Crippen LogP contribution is -2.60. The fraction of sp³-hybridized carbons (Fsp3) is 0.364. The Morgan fingerprint density at radius 1 is 0.463 bits per heavy atom. The number of benzene rings is 2. The second-order valence-electron chi connectivity index (χ2n) is 8.89. The topological polar surface area (TPSA) is 0 Å². The van der Waals surface area contributed by atoms with Gasteiger partial charge < -0.3 is 0 Å². The molecule has 0 aliphatic carbocycles. The van der Waals surface area contributed by atoms with E-state index in [4.69, 9.17) is 0 Å². The summed E-state index contributed by atoms with van der Waals surface area (Å²) in [6.45, 7) is 3.36. The second kappa shape index (κ2) is 10.1. The van der Waals surface area contributed by atoms with Crippen molar-refractivity contribution in [3.05, 3.63) is 65.7 Å². The maximum atomic E-state index is 14.6. The Bertz CT molecular complexity index is 1190. The molecule has 2 rings (SSSR count). The van der Waals surface area contributed by atoms with Gasteiger partial charge in [-0.1, -0.05) is 49.1 Å². The molecule has 0 heterocycles. The predicted molar refractivity (Wildman–Crippen MR) is 110 cm³/mol. The van der Waals surface area contributed by atoms with Crippen LogP contribution in [0.3, 0.4) is 0 Å². The molecule has 41 heavy (non-hydrogen) atoms. The van der Waals surface area contributed by atoms with Gasteiger partial charge in [0, 0.05) is 18.4 Å². The number of alkyl halides is 18. The van der Waals surface area contributed by atoms with Crippen molar-refractivity contribution in [3.8, 4) is 0 Å². The van der Waals surface area contributed by atoms with Crippen LogP contribution in [0.2, 0.25) is 0 Å². The molecule has 0 spiro atoms. The third-order valence-corrected chi connectivity index (χ3v) is 5.98. The van der Waals surface area contributed by atoms with Crippen molar-refractivity contribution in [1.82, 2.24) is 0 Å². The first kappa shape index (κ1) is 34.2. The molecule has 0 N–H and O–H groups in total. The minimum atomic E-state index is -7.58. The smallest absolute Gasteiger partial charge is 0.212 e. The molecule has 230 valence electrons. The third-order valence-electron chi connectivity index (χ3n) is 5.98. The van der Waals surface area contributed by atoms with E-state index in [0.29, 0.717) is 5.56 Å². The molecule has 0 saturated heterocycles. The zero-order chi connectivity index (χ0) is 32.3. The monoisotopic (exact) mass is 629 g/mol. The summed E-state index contributed by atoms with van der Waals surface area (Å²) in [5.74, 6) is -43.8. The molecule has 0 saturated carbocycles. The molecule has 2 aromatic rings. The Kier molecular flexibility index (Phi) is 8.39. The van der Waals surface area contributed by atoms with Gasteiger partial charge in [-0.3, -0.25) is 0 Å². The van der Waals surface area contributed by atoms with Crippen molar-refractivity contribution in [1.29, 1.82) is 0 Å². The summed E-state index contributed by atoms with van der Waals surface area (Å²) in [5.41, 5.74) is -6.67. The van der Waals surface area contributed by atoms with Crippen LogP contribution in [0.1, 0.15) is 16.7 Å². The SMILES string of the molecule is C=Cc1ccc([BH2-]c2cc(C(F)(F)C(F)(F)C(F)(F)C(F)(F)F)cc(C(F)(F)C(F)(F)C(F)(F)C(F)(F)F)c2)cc1. The molecule has 0 fully saturated rings. The molecule has 0 unspecified atom stereocenters. The maximum Gasteiger partial charge on any atom is 0.460 e. The lowest BCUT2D eigenvalue weighted by molar-refractivity contribution is -0.400. The van der Waals surface area contributed by atoms with Crippen LogP contribution in [-0.4, -0.2) is 43.3 Å². The van der Waals surface area contributed by atoms with Crippen molar-refractivity contribution < 1.29 is 79.0 Å². The van der Waals surface area contributed by atoms with Gasteiger partial charge in [0.25, 0.3) is 0 Å². The van der Waals surface area contributed by atoms with E-state index in [1.165, 1.54) is 18.2 Å². The summed E-state index contributed by atoms with van der Waals surface area (Å²) in [7, 11) is -2.48. The highest BCUT2D eigenvalue weighted by Gasteiger charge is 2.83. The van der Waals surface area contributed by atoms with E-state index in [1.807, 2.05) is 0 Å². The lowest BCUT2D eigenvalue weighted by Gasteiger charge is -2.36. The molecule has 0 radical (unpaired) electrons. The maximum absolute atomic E-state index is 14.6. The van der Waals surface area contributed by atoms with Gasteiger partial charge in [0.15, 0.2) is 0 Å². The highest BCUT2D eigenvalue weighted by molar-refractivity contribution is 6.67. The minimum absolute atomic E-state index is 0.0508. The van der Waals surface area contributed by atoms with Crippen LogP contribution in [0.15, 0.2) is 49.0 Å². The van der Waals surface area contributed by atoms with Gasteiger partial charge in [0.2, 0.25) is 0 Å². The van der Waals surface area contributed by atoms with E-state index in [1.54, 1.807) is 0 Å². The van der Waals surface area contributed by atoms with Gasteiger partial charge in [-0.25, -0.2) is 10.9 Å². The normalized spacial score (nSPS) is 14.8. The number of halogens is 18. The third kappa shape index (κ3) is 5.47. The van der Waals surface area contributed by atoms with Crippen LogP contribution < -0.4 is 10.9 Å². The summed E-state index contributed by atoms with van der Waals surface area (Å²) < 4.78 is 243. The Balaban J connectivity index is 2.88.